The molecule has 1 unspecified atom stereocenters. The van der Waals surface area contributed by atoms with Crippen LogP contribution < -0.4 is 0 Å². The topological polar surface area (TPSA) is 17.8 Å². The summed E-state index contributed by atoms with van der Waals surface area (Å²) in [6.07, 6.45) is 5.77. The van der Waals surface area contributed by atoms with Crippen molar-refractivity contribution in [2.24, 2.45) is 0 Å². The molecule has 0 N–H and O–H groups in total. The summed E-state index contributed by atoms with van der Waals surface area (Å²) >= 11 is 1.99. The third-order valence-electron chi connectivity index (χ3n) is 3.45. The zero-order valence-electron chi connectivity index (χ0n) is 11.6. The average Bonchev–Trinajstić information content (AvgIpc) is 2.99. The second kappa shape index (κ2) is 6.14. The van der Waals surface area contributed by atoms with E-state index >= 15 is 0 Å². The van der Waals surface area contributed by atoms with Gasteiger partial charge in [-0.3, -0.25) is 0 Å². The summed E-state index contributed by atoms with van der Waals surface area (Å²) in [6, 6.07) is 15.3. The van der Waals surface area contributed by atoms with Crippen LogP contribution in [0.15, 0.2) is 61.2 Å². The van der Waals surface area contributed by atoms with Crippen molar-refractivity contribution < 1.29 is 0 Å². The Bertz CT molecular complexity index is 676. The molecule has 0 saturated carbocycles. The van der Waals surface area contributed by atoms with Gasteiger partial charge in [0.1, 0.15) is 0 Å². The van der Waals surface area contributed by atoms with Crippen molar-refractivity contribution in [3.63, 3.8) is 0 Å². The number of fused-ring (bicyclic) bond motifs is 1. The van der Waals surface area contributed by atoms with Crippen molar-refractivity contribution >= 4 is 22.5 Å². The Hall–Kier alpha value is -1.74. The van der Waals surface area contributed by atoms with Gasteiger partial charge in [-0.05, 0) is 28.2 Å². The lowest BCUT2D eigenvalue weighted by Gasteiger charge is -2.17. The summed E-state index contributed by atoms with van der Waals surface area (Å²) in [5, 5.41) is 3.09. The Balaban J connectivity index is 1.91. The molecule has 3 aromatic rings. The molecule has 1 aromatic heterocycles. The average molecular weight is 282 g/mol. The highest BCUT2D eigenvalue weighted by Gasteiger charge is 2.12. The molecule has 0 fully saturated rings. The summed E-state index contributed by atoms with van der Waals surface area (Å²) in [4.78, 5) is 4.13. The first-order valence-corrected chi connectivity index (χ1v) is 7.97. The molecule has 0 aliphatic heterocycles. The molecule has 3 rings (SSSR count). The van der Waals surface area contributed by atoms with Crippen molar-refractivity contribution in [2.45, 2.75) is 18.7 Å². The molecule has 0 spiro atoms. The van der Waals surface area contributed by atoms with Crippen molar-refractivity contribution in [1.29, 1.82) is 0 Å². The lowest BCUT2D eigenvalue weighted by Crippen LogP contribution is -2.05. The third-order valence-corrected chi connectivity index (χ3v) is 4.61. The van der Waals surface area contributed by atoms with E-state index in [1.54, 1.807) is 0 Å². The fourth-order valence-electron chi connectivity index (χ4n) is 2.45. The van der Waals surface area contributed by atoms with Gasteiger partial charge < -0.3 is 4.57 Å². The van der Waals surface area contributed by atoms with Gasteiger partial charge in [-0.2, -0.15) is 11.8 Å². The summed E-state index contributed by atoms with van der Waals surface area (Å²) in [7, 11) is 0. The van der Waals surface area contributed by atoms with Gasteiger partial charge in [-0.15, -0.1) is 0 Å². The van der Waals surface area contributed by atoms with E-state index in [-0.39, 0.29) is 0 Å². The maximum atomic E-state index is 4.13. The molecule has 0 saturated heterocycles. The maximum absolute atomic E-state index is 4.13. The molecule has 0 aliphatic carbocycles. The minimum absolute atomic E-state index is 0.471. The second-order valence-electron chi connectivity index (χ2n) is 4.81. The largest absolute Gasteiger partial charge is 0.336 e. The molecule has 0 radical (unpaired) electrons. The van der Waals surface area contributed by atoms with Crippen LogP contribution in [0.5, 0.6) is 0 Å². The maximum Gasteiger partial charge on any atom is 0.0946 e. The smallest absolute Gasteiger partial charge is 0.0946 e. The van der Waals surface area contributed by atoms with Crippen LogP contribution in [-0.4, -0.2) is 15.3 Å². The molecule has 20 heavy (non-hydrogen) atoms. The Morgan fingerprint density at radius 3 is 2.75 bits per heavy atom. The van der Waals surface area contributed by atoms with E-state index < -0.39 is 0 Å². The van der Waals surface area contributed by atoms with Crippen LogP contribution in [0.3, 0.4) is 0 Å². The SMILES string of the molecule is CCSC(Cn1ccnc1)c1ccc2ccccc2c1. The molecule has 0 bridgehead atoms. The number of imidazole rings is 1. The number of nitrogens with zero attached hydrogens (tertiary/aromatic N) is 2. The molecular weight excluding hydrogens is 264 g/mol. The second-order valence-corrected chi connectivity index (χ2v) is 6.29. The summed E-state index contributed by atoms with van der Waals surface area (Å²) < 4.78 is 2.16. The first-order chi connectivity index (χ1) is 9.86. The molecular formula is C17H18N2S. The van der Waals surface area contributed by atoms with E-state index in [1.807, 2.05) is 30.5 Å². The van der Waals surface area contributed by atoms with Crippen LogP contribution in [0.25, 0.3) is 10.8 Å². The van der Waals surface area contributed by atoms with Gasteiger partial charge >= 0.3 is 0 Å². The van der Waals surface area contributed by atoms with Gasteiger partial charge in [0.2, 0.25) is 0 Å². The third kappa shape index (κ3) is 2.88. The number of aromatic nitrogens is 2. The van der Waals surface area contributed by atoms with E-state index in [1.165, 1.54) is 16.3 Å². The fourth-order valence-corrected chi connectivity index (χ4v) is 3.47. The van der Waals surface area contributed by atoms with Crippen molar-refractivity contribution in [3.05, 3.63) is 66.7 Å². The molecule has 0 amide bonds. The van der Waals surface area contributed by atoms with Crippen LogP contribution in [0.2, 0.25) is 0 Å². The summed E-state index contributed by atoms with van der Waals surface area (Å²) in [5.41, 5.74) is 1.39. The quantitative estimate of drug-likeness (QED) is 0.684. The van der Waals surface area contributed by atoms with E-state index in [2.05, 4.69) is 58.9 Å². The first-order valence-electron chi connectivity index (χ1n) is 6.93. The molecule has 1 heterocycles. The molecule has 2 nitrogen and oxygen atoms in total. The van der Waals surface area contributed by atoms with E-state index in [4.69, 9.17) is 0 Å². The minimum Gasteiger partial charge on any atom is -0.336 e. The van der Waals surface area contributed by atoms with E-state index in [0.29, 0.717) is 5.25 Å². The highest BCUT2D eigenvalue weighted by atomic mass is 32.2. The number of thioether (sulfide) groups is 1. The lowest BCUT2D eigenvalue weighted by atomic mass is 10.0. The Morgan fingerprint density at radius 2 is 2.00 bits per heavy atom. The van der Waals surface area contributed by atoms with Gasteiger partial charge in [0.25, 0.3) is 0 Å². The molecule has 2 aromatic carbocycles. The predicted octanol–water partition coefficient (Wildman–Crippen LogP) is 4.53. The predicted molar refractivity (Wildman–Crippen MR) is 87.0 cm³/mol. The van der Waals surface area contributed by atoms with Crippen LogP contribution in [0.4, 0.5) is 0 Å². The lowest BCUT2D eigenvalue weighted by molar-refractivity contribution is 0.684. The highest BCUT2D eigenvalue weighted by Crippen LogP contribution is 2.32. The van der Waals surface area contributed by atoms with Crippen molar-refractivity contribution in [1.82, 2.24) is 9.55 Å². The standard InChI is InChI=1S/C17H18N2S/c1-2-20-17(12-19-10-9-18-13-19)16-8-7-14-5-3-4-6-15(14)11-16/h3-11,13,17H,2,12H2,1H3. The molecule has 3 heteroatoms. The monoisotopic (exact) mass is 282 g/mol. The number of benzene rings is 2. The highest BCUT2D eigenvalue weighted by molar-refractivity contribution is 7.99. The zero-order valence-corrected chi connectivity index (χ0v) is 12.4. The van der Waals surface area contributed by atoms with Gasteiger partial charge in [-0.1, -0.05) is 43.3 Å². The van der Waals surface area contributed by atoms with Crippen LogP contribution in [-0.2, 0) is 6.54 Å². The zero-order chi connectivity index (χ0) is 13.8. The molecule has 102 valence electrons. The van der Waals surface area contributed by atoms with Crippen molar-refractivity contribution in [3.8, 4) is 0 Å². The van der Waals surface area contributed by atoms with Gasteiger partial charge in [0, 0.05) is 24.2 Å². The molecule has 0 aliphatic rings. The molecule has 1 atom stereocenters. The first kappa shape index (κ1) is 13.3. The fraction of sp³-hybridized carbons (Fsp3) is 0.235. The normalized spacial score (nSPS) is 12.7. The summed E-state index contributed by atoms with van der Waals surface area (Å²) in [6.45, 7) is 3.18. The Kier molecular flexibility index (Phi) is 4.07. The van der Waals surface area contributed by atoms with Crippen molar-refractivity contribution in [2.75, 3.05) is 5.75 Å². The van der Waals surface area contributed by atoms with Crippen LogP contribution in [0.1, 0.15) is 17.7 Å². The Labute approximate surface area is 123 Å². The Morgan fingerprint density at radius 1 is 1.15 bits per heavy atom. The number of hydrogen-bond acceptors (Lipinski definition) is 2. The van der Waals surface area contributed by atoms with Crippen LogP contribution in [0, 0.1) is 0 Å². The minimum atomic E-state index is 0.471. The number of hydrogen-bond donors (Lipinski definition) is 0. The van der Waals surface area contributed by atoms with Gasteiger partial charge in [0.15, 0.2) is 0 Å². The van der Waals surface area contributed by atoms with Crippen LogP contribution >= 0.6 is 11.8 Å². The van der Waals surface area contributed by atoms with E-state index in [0.717, 1.165) is 12.3 Å². The number of rotatable bonds is 5. The van der Waals surface area contributed by atoms with E-state index in [9.17, 15) is 0 Å². The summed E-state index contributed by atoms with van der Waals surface area (Å²) in [5.74, 6) is 1.12. The van der Waals surface area contributed by atoms with Gasteiger partial charge in [0.05, 0.1) is 6.33 Å². The van der Waals surface area contributed by atoms with Gasteiger partial charge in [-0.25, -0.2) is 4.98 Å².